The van der Waals surface area contributed by atoms with E-state index in [-0.39, 0.29) is 23.5 Å². The van der Waals surface area contributed by atoms with Crippen molar-refractivity contribution in [1.82, 2.24) is 4.90 Å². The molecule has 6 nitrogen and oxygen atoms in total. The molecule has 116 valence electrons. The molecule has 1 heterocycles. The lowest BCUT2D eigenvalue weighted by Crippen LogP contribution is -2.46. The van der Waals surface area contributed by atoms with E-state index in [4.69, 9.17) is 4.74 Å². The number of nitrogens with one attached hydrogen (secondary N) is 1. The number of amides is 1. The fraction of sp³-hybridized carbons (Fsp3) is 0.500. The van der Waals surface area contributed by atoms with Crippen LogP contribution in [0.4, 0.5) is 5.69 Å². The summed E-state index contributed by atoms with van der Waals surface area (Å²) < 4.78 is 28.4. The molecule has 1 amide bonds. The van der Waals surface area contributed by atoms with Crippen molar-refractivity contribution in [3.63, 3.8) is 0 Å². The molecule has 2 rings (SSSR count). The van der Waals surface area contributed by atoms with E-state index < -0.39 is 9.84 Å². The van der Waals surface area contributed by atoms with E-state index in [0.717, 1.165) is 6.26 Å². The van der Waals surface area contributed by atoms with Crippen LogP contribution in [0.15, 0.2) is 29.2 Å². The molecule has 1 fully saturated rings. The fourth-order valence-electron chi connectivity index (χ4n) is 2.17. The van der Waals surface area contributed by atoms with Crippen LogP contribution in [0.5, 0.6) is 0 Å². The van der Waals surface area contributed by atoms with Crippen LogP contribution in [0.25, 0.3) is 0 Å². The van der Waals surface area contributed by atoms with Gasteiger partial charge in [-0.15, -0.1) is 0 Å². The summed E-state index contributed by atoms with van der Waals surface area (Å²) in [7, 11) is -3.24. The normalized spacial score (nSPS) is 19.3. The highest BCUT2D eigenvalue weighted by molar-refractivity contribution is 7.90. The molecule has 1 atom stereocenters. The molecule has 1 aromatic carbocycles. The zero-order valence-corrected chi connectivity index (χ0v) is 13.0. The highest BCUT2D eigenvalue weighted by Gasteiger charge is 2.20. The number of hydrogen-bond donors (Lipinski definition) is 1. The van der Waals surface area contributed by atoms with E-state index in [9.17, 15) is 13.2 Å². The first-order valence-corrected chi connectivity index (χ1v) is 8.69. The quantitative estimate of drug-likeness (QED) is 0.888. The van der Waals surface area contributed by atoms with Gasteiger partial charge in [-0.3, -0.25) is 4.79 Å². The monoisotopic (exact) mass is 312 g/mol. The van der Waals surface area contributed by atoms with E-state index in [2.05, 4.69) is 5.32 Å². The maximum absolute atomic E-state index is 12.1. The number of carbonyl (C=O) groups excluding carboxylic acids is 1. The first kappa shape index (κ1) is 15.8. The van der Waals surface area contributed by atoms with Crippen LogP contribution in [-0.4, -0.2) is 57.8 Å². The summed E-state index contributed by atoms with van der Waals surface area (Å²) in [5.41, 5.74) is 0.618. The van der Waals surface area contributed by atoms with Crippen LogP contribution < -0.4 is 5.32 Å². The number of rotatable bonds is 4. The van der Waals surface area contributed by atoms with Gasteiger partial charge in [0, 0.05) is 25.0 Å². The number of nitrogens with zero attached hydrogens (tertiary/aromatic N) is 1. The summed E-state index contributed by atoms with van der Waals surface area (Å²) in [6, 6.07) is 6.46. The van der Waals surface area contributed by atoms with Crippen LogP contribution >= 0.6 is 0 Å². The Morgan fingerprint density at radius 1 is 1.48 bits per heavy atom. The van der Waals surface area contributed by atoms with Crippen LogP contribution in [0.3, 0.4) is 0 Å². The van der Waals surface area contributed by atoms with E-state index >= 15 is 0 Å². The van der Waals surface area contributed by atoms with Crippen molar-refractivity contribution in [1.29, 1.82) is 0 Å². The zero-order chi connectivity index (χ0) is 15.5. The zero-order valence-electron chi connectivity index (χ0n) is 12.2. The largest absolute Gasteiger partial charge is 0.376 e. The van der Waals surface area contributed by atoms with Crippen molar-refractivity contribution in [3.8, 4) is 0 Å². The van der Waals surface area contributed by atoms with Crippen molar-refractivity contribution >= 4 is 21.4 Å². The molecule has 1 aliphatic heterocycles. The first-order chi connectivity index (χ1) is 9.86. The maximum atomic E-state index is 12.1. The summed E-state index contributed by atoms with van der Waals surface area (Å²) in [5, 5.41) is 2.97. The Morgan fingerprint density at radius 3 is 2.90 bits per heavy atom. The Bertz CT molecular complexity index is 615. The Labute approximate surface area is 125 Å². The van der Waals surface area contributed by atoms with Gasteiger partial charge in [0.1, 0.15) is 0 Å². The summed E-state index contributed by atoms with van der Waals surface area (Å²) >= 11 is 0. The fourth-order valence-corrected chi connectivity index (χ4v) is 2.84. The van der Waals surface area contributed by atoms with Gasteiger partial charge < -0.3 is 15.0 Å². The summed E-state index contributed by atoms with van der Waals surface area (Å²) in [6.45, 7) is 3.80. The van der Waals surface area contributed by atoms with E-state index in [0.29, 0.717) is 25.4 Å². The second-order valence-electron chi connectivity index (χ2n) is 5.17. The van der Waals surface area contributed by atoms with Crippen LogP contribution in [0, 0.1) is 0 Å². The van der Waals surface area contributed by atoms with Gasteiger partial charge in [0.05, 0.1) is 24.2 Å². The SMILES string of the molecule is CC1CN(C(=O)CNc2cccc(S(C)(=O)=O)c2)CCO1. The van der Waals surface area contributed by atoms with E-state index in [1.54, 1.807) is 17.0 Å². The third-order valence-electron chi connectivity index (χ3n) is 3.30. The lowest BCUT2D eigenvalue weighted by Gasteiger charge is -2.31. The van der Waals surface area contributed by atoms with Crippen molar-refractivity contribution in [3.05, 3.63) is 24.3 Å². The first-order valence-electron chi connectivity index (χ1n) is 6.79. The molecular formula is C14H20N2O4S. The molecule has 1 unspecified atom stereocenters. The molecule has 0 spiro atoms. The number of carbonyl (C=O) groups is 1. The van der Waals surface area contributed by atoms with Gasteiger partial charge in [-0.2, -0.15) is 0 Å². The molecule has 1 aliphatic rings. The summed E-state index contributed by atoms with van der Waals surface area (Å²) in [5.74, 6) is -0.0186. The van der Waals surface area contributed by atoms with Crippen LogP contribution in [0.1, 0.15) is 6.92 Å². The van der Waals surface area contributed by atoms with Gasteiger partial charge in [-0.25, -0.2) is 8.42 Å². The predicted octanol–water partition coefficient (Wildman–Crippen LogP) is 0.749. The molecule has 0 aliphatic carbocycles. The summed E-state index contributed by atoms with van der Waals surface area (Å²) in [4.78, 5) is 14.1. The number of ether oxygens (including phenoxy) is 1. The molecule has 0 radical (unpaired) electrons. The second-order valence-corrected chi connectivity index (χ2v) is 7.19. The highest BCUT2D eigenvalue weighted by Crippen LogP contribution is 2.15. The minimum atomic E-state index is -3.24. The van der Waals surface area contributed by atoms with Crippen LogP contribution in [-0.2, 0) is 19.4 Å². The minimum absolute atomic E-state index is 0.0186. The van der Waals surface area contributed by atoms with E-state index in [1.165, 1.54) is 12.1 Å². The lowest BCUT2D eigenvalue weighted by atomic mass is 10.3. The smallest absolute Gasteiger partial charge is 0.242 e. The topological polar surface area (TPSA) is 75.7 Å². The minimum Gasteiger partial charge on any atom is -0.376 e. The van der Waals surface area contributed by atoms with Gasteiger partial charge >= 0.3 is 0 Å². The number of hydrogen-bond acceptors (Lipinski definition) is 5. The molecule has 1 saturated heterocycles. The molecule has 21 heavy (non-hydrogen) atoms. The Morgan fingerprint density at radius 2 is 2.24 bits per heavy atom. The third-order valence-corrected chi connectivity index (χ3v) is 4.41. The Kier molecular flexibility index (Phi) is 4.84. The van der Waals surface area contributed by atoms with Gasteiger partial charge in [-0.05, 0) is 25.1 Å². The molecule has 1 aromatic rings. The van der Waals surface area contributed by atoms with Crippen molar-refractivity contribution in [2.24, 2.45) is 0 Å². The Hall–Kier alpha value is -1.60. The number of morpholine rings is 1. The molecule has 0 bridgehead atoms. The van der Waals surface area contributed by atoms with Gasteiger partial charge in [0.25, 0.3) is 0 Å². The van der Waals surface area contributed by atoms with Crippen molar-refractivity contribution in [2.75, 3.05) is 37.8 Å². The third kappa shape index (κ3) is 4.44. The average Bonchev–Trinajstić information content (AvgIpc) is 2.44. The average molecular weight is 312 g/mol. The number of benzene rings is 1. The molecular weight excluding hydrogens is 292 g/mol. The molecule has 0 saturated carbocycles. The van der Waals surface area contributed by atoms with E-state index in [1.807, 2.05) is 6.92 Å². The Balaban J connectivity index is 1.95. The number of sulfone groups is 1. The molecule has 0 aromatic heterocycles. The maximum Gasteiger partial charge on any atom is 0.242 e. The van der Waals surface area contributed by atoms with Gasteiger partial charge in [0.15, 0.2) is 9.84 Å². The molecule has 7 heteroatoms. The standard InChI is InChI=1S/C14H20N2O4S/c1-11-10-16(6-7-20-11)14(17)9-15-12-4-3-5-13(8-12)21(2,18)19/h3-5,8,11,15H,6-7,9-10H2,1-2H3. The van der Waals surface area contributed by atoms with Gasteiger partial charge in [-0.1, -0.05) is 6.07 Å². The van der Waals surface area contributed by atoms with Gasteiger partial charge in [0.2, 0.25) is 5.91 Å². The number of anilines is 1. The highest BCUT2D eigenvalue weighted by atomic mass is 32.2. The van der Waals surface area contributed by atoms with Crippen LogP contribution in [0.2, 0.25) is 0 Å². The van der Waals surface area contributed by atoms with Crippen molar-refractivity contribution in [2.45, 2.75) is 17.9 Å². The predicted molar refractivity (Wildman–Crippen MR) is 80.0 cm³/mol. The van der Waals surface area contributed by atoms with Crippen molar-refractivity contribution < 1.29 is 17.9 Å². The molecule has 1 N–H and O–H groups in total. The second kappa shape index (κ2) is 6.44. The summed E-state index contributed by atoms with van der Waals surface area (Å²) in [6.07, 6.45) is 1.21. The lowest BCUT2D eigenvalue weighted by molar-refractivity contribution is -0.136.